The molecular weight excluding hydrogens is 249 g/mol. The lowest BCUT2D eigenvalue weighted by atomic mass is 10.1. The van der Waals surface area contributed by atoms with Crippen molar-refractivity contribution in [3.63, 3.8) is 0 Å². The van der Waals surface area contributed by atoms with Crippen LogP contribution in [0.15, 0.2) is 24.3 Å². The highest BCUT2D eigenvalue weighted by molar-refractivity contribution is 5.23. The molecule has 3 unspecified atom stereocenters. The quantitative estimate of drug-likeness (QED) is 0.667. The third-order valence-corrected chi connectivity index (χ3v) is 2.66. The zero-order chi connectivity index (χ0) is 14.3. The first-order valence-electron chi connectivity index (χ1n) is 6.46. The molecule has 0 spiro atoms. The minimum absolute atomic E-state index is 0.0231. The van der Waals surface area contributed by atoms with E-state index in [1.165, 1.54) is 12.1 Å². The Morgan fingerprint density at radius 3 is 2.58 bits per heavy atom. The van der Waals surface area contributed by atoms with Crippen molar-refractivity contribution >= 4 is 0 Å². The molecule has 0 bridgehead atoms. The topological polar surface area (TPSA) is 61.7 Å². The molecule has 3 atom stereocenters. The molecule has 0 aliphatic carbocycles. The van der Waals surface area contributed by atoms with Crippen molar-refractivity contribution in [1.29, 1.82) is 0 Å². The van der Waals surface area contributed by atoms with Crippen LogP contribution in [0.25, 0.3) is 0 Å². The van der Waals surface area contributed by atoms with Gasteiger partial charge in [-0.25, -0.2) is 4.39 Å². The first kappa shape index (κ1) is 15.9. The van der Waals surface area contributed by atoms with E-state index in [1.807, 2.05) is 6.92 Å². The first-order valence-corrected chi connectivity index (χ1v) is 6.46. The lowest BCUT2D eigenvalue weighted by Crippen LogP contribution is -2.37. The van der Waals surface area contributed by atoms with Gasteiger partial charge in [0.05, 0.1) is 6.10 Å². The van der Waals surface area contributed by atoms with Crippen LogP contribution in [0.4, 0.5) is 4.39 Å². The van der Waals surface area contributed by atoms with E-state index in [2.05, 4.69) is 5.32 Å². The molecule has 4 nitrogen and oxygen atoms in total. The van der Waals surface area contributed by atoms with Crippen LogP contribution in [-0.2, 0) is 0 Å². The van der Waals surface area contributed by atoms with Gasteiger partial charge < -0.3 is 20.3 Å². The van der Waals surface area contributed by atoms with E-state index in [4.69, 9.17) is 4.74 Å². The van der Waals surface area contributed by atoms with Crippen LogP contribution in [-0.4, -0.2) is 41.6 Å². The predicted octanol–water partition coefficient (Wildman–Crippen LogP) is 1.31. The Kier molecular flexibility index (Phi) is 6.77. The van der Waals surface area contributed by atoms with Crippen molar-refractivity contribution in [1.82, 2.24) is 5.32 Å². The summed E-state index contributed by atoms with van der Waals surface area (Å²) in [6, 6.07) is 6.19. The molecule has 5 heteroatoms. The minimum atomic E-state index is -0.726. The molecule has 0 aliphatic rings. The Morgan fingerprint density at radius 2 is 1.95 bits per heavy atom. The van der Waals surface area contributed by atoms with Crippen molar-refractivity contribution in [3.05, 3.63) is 30.1 Å². The Labute approximate surface area is 113 Å². The summed E-state index contributed by atoms with van der Waals surface area (Å²) in [6.07, 6.45) is -0.494. The second-order valence-corrected chi connectivity index (χ2v) is 4.79. The summed E-state index contributed by atoms with van der Waals surface area (Å²) in [7, 11) is 0. The van der Waals surface area contributed by atoms with Gasteiger partial charge in [0.15, 0.2) is 11.6 Å². The van der Waals surface area contributed by atoms with E-state index in [0.717, 1.165) is 0 Å². The molecule has 0 amide bonds. The number of nitrogens with one attached hydrogen (secondary N) is 1. The number of para-hydroxylation sites is 1. The molecule has 0 saturated carbocycles. The molecule has 3 N–H and O–H groups in total. The van der Waals surface area contributed by atoms with E-state index >= 15 is 0 Å². The average molecular weight is 271 g/mol. The summed E-state index contributed by atoms with van der Waals surface area (Å²) in [4.78, 5) is 0. The van der Waals surface area contributed by atoms with E-state index in [1.54, 1.807) is 19.1 Å². The van der Waals surface area contributed by atoms with E-state index < -0.39 is 11.9 Å². The van der Waals surface area contributed by atoms with Crippen molar-refractivity contribution in [2.75, 3.05) is 13.2 Å². The van der Waals surface area contributed by atoms with E-state index in [-0.39, 0.29) is 24.5 Å². The number of hydrogen-bond donors (Lipinski definition) is 3. The van der Waals surface area contributed by atoms with Crippen molar-refractivity contribution in [2.45, 2.75) is 38.5 Å². The van der Waals surface area contributed by atoms with Crippen LogP contribution in [0.2, 0.25) is 0 Å². The number of aliphatic hydroxyl groups excluding tert-OH is 2. The molecule has 0 aromatic heterocycles. The van der Waals surface area contributed by atoms with Crippen LogP contribution in [0.1, 0.15) is 20.3 Å². The SMILES string of the molecule is CC(O)CC(C)NCC(O)COc1ccccc1F. The van der Waals surface area contributed by atoms with Gasteiger partial charge in [-0.05, 0) is 32.4 Å². The zero-order valence-electron chi connectivity index (χ0n) is 11.3. The summed E-state index contributed by atoms with van der Waals surface area (Å²) >= 11 is 0. The Bertz CT molecular complexity index is 373. The van der Waals surface area contributed by atoms with E-state index in [9.17, 15) is 14.6 Å². The van der Waals surface area contributed by atoms with Gasteiger partial charge in [-0.2, -0.15) is 0 Å². The van der Waals surface area contributed by atoms with Crippen molar-refractivity contribution in [2.24, 2.45) is 0 Å². The standard InChI is InChI=1S/C14H22FNO3/c1-10(7-11(2)17)16-8-12(18)9-19-14-6-4-3-5-13(14)15/h3-6,10-12,16-18H,7-9H2,1-2H3. The van der Waals surface area contributed by atoms with Crippen LogP contribution >= 0.6 is 0 Å². The van der Waals surface area contributed by atoms with Crippen LogP contribution in [0, 0.1) is 5.82 Å². The molecular formula is C14H22FNO3. The number of aliphatic hydroxyl groups is 2. The highest BCUT2D eigenvalue weighted by Crippen LogP contribution is 2.15. The zero-order valence-corrected chi connectivity index (χ0v) is 11.3. The molecule has 0 heterocycles. The smallest absolute Gasteiger partial charge is 0.165 e. The molecule has 0 fully saturated rings. The summed E-state index contributed by atoms with van der Waals surface area (Å²) in [5.41, 5.74) is 0. The number of halogens is 1. The monoisotopic (exact) mass is 271 g/mol. The number of rotatable bonds is 8. The predicted molar refractivity (Wildman–Crippen MR) is 71.7 cm³/mol. The van der Waals surface area contributed by atoms with Crippen LogP contribution in [0.5, 0.6) is 5.75 Å². The van der Waals surface area contributed by atoms with Gasteiger partial charge >= 0.3 is 0 Å². The molecule has 1 aromatic rings. The van der Waals surface area contributed by atoms with Gasteiger partial charge in [-0.15, -0.1) is 0 Å². The molecule has 0 aliphatic heterocycles. The van der Waals surface area contributed by atoms with Gasteiger partial charge in [0.1, 0.15) is 12.7 Å². The number of ether oxygens (including phenoxy) is 1. The normalized spacial score (nSPS) is 15.8. The third-order valence-electron chi connectivity index (χ3n) is 2.66. The fourth-order valence-electron chi connectivity index (χ4n) is 1.74. The molecule has 1 rings (SSSR count). The van der Waals surface area contributed by atoms with Gasteiger partial charge in [-0.3, -0.25) is 0 Å². The highest BCUT2D eigenvalue weighted by atomic mass is 19.1. The highest BCUT2D eigenvalue weighted by Gasteiger charge is 2.10. The summed E-state index contributed by atoms with van der Waals surface area (Å²) in [6.45, 7) is 4.00. The maximum Gasteiger partial charge on any atom is 0.165 e. The van der Waals surface area contributed by atoms with Gasteiger partial charge in [-0.1, -0.05) is 12.1 Å². The Hall–Kier alpha value is -1.17. The largest absolute Gasteiger partial charge is 0.488 e. The molecule has 108 valence electrons. The Morgan fingerprint density at radius 1 is 1.26 bits per heavy atom. The molecule has 0 radical (unpaired) electrons. The summed E-state index contributed by atoms with van der Waals surface area (Å²) in [5, 5.41) is 22.0. The lowest BCUT2D eigenvalue weighted by molar-refractivity contribution is 0.0981. The summed E-state index contributed by atoms with van der Waals surface area (Å²) < 4.78 is 18.4. The summed E-state index contributed by atoms with van der Waals surface area (Å²) in [5.74, 6) is -0.302. The minimum Gasteiger partial charge on any atom is -0.488 e. The fraction of sp³-hybridized carbons (Fsp3) is 0.571. The maximum absolute atomic E-state index is 13.2. The molecule has 1 aromatic carbocycles. The third kappa shape index (κ3) is 6.52. The number of hydrogen-bond acceptors (Lipinski definition) is 4. The van der Waals surface area contributed by atoms with Gasteiger partial charge in [0, 0.05) is 12.6 Å². The molecule has 19 heavy (non-hydrogen) atoms. The number of benzene rings is 1. The maximum atomic E-state index is 13.2. The van der Waals surface area contributed by atoms with Gasteiger partial charge in [0.2, 0.25) is 0 Å². The Balaban J connectivity index is 2.25. The van der Waals surface area contributed by atoms with Gasteiger partial charge in [0.25, 0.3) is 0 Å². The van der Waals surface area contributed by atoms with E-state index in [0.29, 0.717) is 13.0 Å². The molecule has 0 saturated heterocycles. The van der Waals surface area contributed by atoms with Crippen LogP contribution in [0.3, 0.4) is 0 Å². The van der Waals surface area contributed by atoms with Crippen molar-refractivity contribution in [3.8, 4) is 5.75 Å². The fourth-order valence-corrected chi connectivity index (χ4v) is 1.74. The average Bonchev–Trinajstić information content (AvgIpc) is 2.34. The first-order chi connectivity index (χ1) is 8.99. The lowest BCUT2D eigenvalue weighted by Gasteiger charge is -2.18. The van der Waals surface area contributed by atoms with Crippen LogP contribution < -0.4 is 10.1 Å². The van der Waals surface area contributed by atoms with Crippen molar-refractivity contribution < 1.29 is 19.3 Å². The second kappa shape index (κ2) is 8.09. The second-order valence-electron chi connectivity index (χ2n) is 4.79.